The molecule has 0 amide bonds. The van der Waals surface area contributed by atoms with E-state index in [0.29, 0.717) is 28.1 Å². The van der Waals surface area contributed by atoms with Crippen LogP contribution < -0.4 is 10.5 Å². The molecule has 0 spiro atoms. The summed E-state index contributed by atoms with van der Waals surface area (Å²) in [6, 6.07) is 23.5. The van der Waals surface area contributed by atoms with Crippen molar-refractivity contribution < 1.29 is 14.2 Å². The molecule has 0 aliphatic carbocycles. The topological polar surface area (TPSA) is 92.2 Å². The molecule has 3 aromatic carbocycles. The molecule has 3 N–H and O–H groups in total. The number of nitriles is 1. The normalized spacial score (nSPS) is 10.4. The zero-order valence-corrected chi connectivity index (χ0v) is 15.7. The number of rotatable bonds is 4. The number of hydrogen-bond donors (Lipinski definition) is 2. The van der Waals surface area contributed by atoms with E-state index in [-0.39, 0.29) is 28.7 Å². The third-order valence-electron chi connectivity index (χ3n) is 4.54. The van der Waals surface area contributed by atoms with Gasteiger partial charge in [0.1, 0.15) is 29.0 Å². The maximum Gasteiger partial charge on any atom is 0.169 e. The Bertz CT molecular complexity index is 1250. The van der Waals surface area contributed by atoms with E-state index in [9.17, 15) is 14.8 Å². The quantitative estimate of drug-likeness (QED) is 0.474. The first-order chi connectivity index (χ1) is 14.5. The Labute approximate surface area is 172 Å². The van der Waals surface area contributed by atoms with Crippen LogP contribution in [0.15, 0.2) is 78.9 Å². The lowest BCUT2D eigenvalue weighted by Crippen LogP contribution is -2.00. The van der Waals surface area contributed by atoms with Crippen molar-refractivity contribution in [3.8, 4) is 45.7 Å². The lowest BCUT2D eigenvalue weighted by molar-refractivity contribution is 0.411. The Kier molecular flexibility index (Phi) is 5.02. The van der Waals surface area contributed by atoms with Crippen LogP contribution in [-0.4, -0.2) is 10.1 Å². The summed E-state index contributed by atoms with van der Waals surface area (Å²) in [5, 5.41) is 20.0. The molecular formula is C24H16FN3O2. The minimum atomic E-state index is -0.362. The van der Waals surface area contributed by atoms with Crippen LogP contribution in [0, 0.1) is 17.1 Å². The number of phenols is 1. The number of hydrogen-bond acceptors (Lipinski definition) is 5. The minimum Gasteiger partial charge on any atom is -0.504 e. The number of aromatic hydroxyl groups is 1. The number of nitrogens with two attached hydrogens (primary N) is 1. The number of anilines is 1. The van der Waals surface area contributed by atoms with Gasteiger partial charge in [0.05, 0.1) is 5.69 Å². The third-order valence-corrected chi connectivity index (χ3v) is 4.54. The molecule has 0 aliphatic rings. The van der Waals surface area contributed by atoms with E-state index < -0.39 is 0 Å². The molecule has 1 heterocycles. The highest BCUT2D eigenvalue weighted by Crippen LogP contribution is 2.37. The Morgan fingerprint density at radius 1 is 0.933 bits per heavy atom. The molecule has 1 aromatic heterocycles. The summed E-state index contributed by atoms with van der Waals surface area (Å²) in [7, 11) is 0. The van der Waals surface area contributed by atoms with Gasteiger partial charge in [-0.3, -0.25) is 0 Å². The van der Waals surface area contributed by atoms with Gasteiger partial charge >= 0.3 is 0 Å². The van der Waals surface area contributed by atoms with Crippen LogP contribution in [-0.2, 0) is 0 Å². The third kappa shape index (κ3) is 3.77. The molecule has 4 rings (SSSR count). The van der Waals surface area contributed by atoms with Crippen LogP contribution >= 0.6 is 0 Å². The molecule has 0 saturated carbocycles. The van der Waals surface area contributed by atoms with Gasteiger partial charge in [-0.25, -0.2) is 9.37 Å². The molecule has 0 saturated heterocycles. The predicted molar refractivity (Wildman–Crippen MR) is 112 cm³/mol. The van der Waals surface area contributed by atoms with Gasteiger partial charge in [0.15, 0.2) is 11.5 Å². The molecule has 0 atom stereocenters. The Balaban J connectivity index is 1.76. The van der Waals surface area contributed by atoms with Crippen molar-refractivity contribution in [2.75, 3.05) is 5.73 Å². The summed E-state index contributed by atoms with van der Waals surface area (Å²) in [5.74, 6) is 0.478. The van der Waals surface area contributed by atoms with Gasteiger partial charge in [-0.2, -0.15) is 5.26 Å². The monoisotopic (exact) mass is 397 g/mol. The average Bonchev–Trinajstić information content (AvgIpc) is 2.76. The zero-order valence-electron chi connectivity index (χ0n) is 15.7. The number of para-hydroxylation sites is 1. The second-order valence-corrected chi connectivity index (χ2v) is 6.53. The smallest absolute Gasteiger partial charge is 0.169 e. The lowest BCUT2D eigenvalue weighted by atomic mass is 9.98. The first-order valence-electron chi connectivity index (χ1n) is 9.08. The van der Waals surface area contributed by atoms with Crippen molar-refractivity contribution in [2.24, 2.45) is 0 Å². The maximum absolute atomic E-state index is 13.3. The van der Waals surface area contributed by atoms with Crippen LogP contribution in [0.4, 0.5) is 10.2 Å². The first-order valence-corrected chi connectivity index (χ1v) is 9.08. The number of phenolic OH excluding ortho intramolecular Hbond substituents is 1. The number of halogens is 1. The van der Waals surface area contributed by atoms with E-state index in [1.807, 2.05) is 18.2 Å². The van der Waals surface area contributed by atoms with Gasteiger partial charge in [-0.15, -0.1) is 0 Å². The number of aromatic nitrogens is 1. The molecule has 146 valence electrons. The van der Waals surface area contributed by atoms with Crippen molar-refractivity contribution in [3.05, 3.63) is 90.2 Å². The van der Waals surface area contributed by atoms with Crippen LogP contribution in [0.1, 0.15) is 5.56 Å². The van der Waals surface area contributed by atoms with E-state index in [2.05, 4.69) is 11.1 Å². The highest BCUT2D eigenvalue weighted by molar-refractivity contribution is 5.81. The zero-order chi connectivity index (χ0) is 21.1. The number of nitrogen functional groups attached to an aromatic ring is 1. The highest BCUT2D eigenvalue weighted by atomic mass is 19.1. The van der Waals surface area contributed by atoms with Crippen molar-refractivity contribution in [2.45, 2.75) is 0 Å². The fraction of sp³-hybridized carbons (Fsp3) is 0. The van der Waals surface area contributed by atoms with E-state index in [1.165, 1.54) is 18.2 Å². The van der Waals surface area contributed by atoms with E-state index >= 15 is 0 Å². The number of ether oxygens (including phenoxy) is 1. The van der Waals surface area contributed by atoms with Gasteiger partial charge in [-0.05, 0) is 60.2 Å². The van der Waals surface area contributed by atoms with Gasteiger partial charge in [0.2, 0.25) is 0 Å². The molecule has 6 heteroatoms. The summed E-state index contributed by atoms with van der Waals surface area (Å²) >= 11 is 0. The second-order valence-electron chi connectivity index (χ2n) is 6.53. The lowest BCUT2D eigenvalue weighted by Gasteiger charge is -2.12. The Hall–Kier alpha value is -4.37. The summed E-state index contributed by atoms with van der Waals surface area (Å²) in [4.78, 5) is 4.27. The van der Waals surface area contributed by atoms with E-state index in [0.717, 1.165) is 0 Å². The molecule has 0 fully saturated rings. The molecule has 0 bridgehead atoms. The second kappa shape index (κ2) is 7.94. The molecule has 0 aliphatic heterocycles. The van der Waals surface area contributed by atoms with Crippen molar-refractivity contribution in [1.82, 2.24) is 4.98 Å². The fourth-order valence-electron chi connectivity index (χ4n) is 3.07. The van der Waals surface area contributed by atoms with Gasteiger partial charge in [0.25, 0.3) is 0 Å². The number of nitrogens with zero attached hydrogens (tertiary/aromatic N) is 2. The number of pyridine rings is 1. The predicted octanol–water partition coefficient (Wildman–Crippen LogP) is 5.51. The summed E-state index contributed by atoms with van der Waals surface area (Å²) in [6.07, 6.45) is 0. The van der Waals surface area contributed by atoms with Gasteiger partial charge in [-0.1, -0.05) is 24.3 Å². The van der Waals surface area contributed by atoms with Gasteiger partial charge < -0.3 is 15.6 Å². The largest absolute Gasteiger partial charge is 0.504 e. The summed E-state index contributed by atoms with van der Waals surface area (Å²) < 4.78 is 19.0. The van der Waals surface area contributed by atoms with Crippen LogP contribution in [0.2, 0.25) is 0 Å². The van der Waals surface area contributed by atoms with Gasteiger partial charge in [0, 0.05) is 11.1 Å². The molecule has 0 unspecified atom stereocenters. The average molecular weight is 397 g/mol. The van der Waals surface area contributed by atoms with Crippen molar-refractivity contribution >= 4 is 5.82 Å². The SMILES string of the molecule is N#Cc1c(-c2ccc(Oc3ccccc3)c(O)c2)cc(-c2ccc(F)cc2)nc1N. The van der Waals surface area contributed by atoms with Crippen LogP contribution in [0.3, 0.4) is 0 Å². The minimum absolute atomic E-state index is 0.0541. The Morgan fingerprint density at radius 2 is 1.63 bits per heavy atom. The van der Waals surface area contributed by atoms with E-state index in [4.69, 9.17) is 10.5 Å². The maximum atomic E-state index is 13.3. The standard InChI is InChI=1S/C24H16FN3O2/c25-17-9-6-15(7-10-17)21-13-19(20(14-26)24(27)28-21)16-8-11-23(22(29)12-16)30-18-4-2-1-3-5-18/h1-13,29H,(H2,27,28). The molecule has 0 radical (unpaired) electrons. The summed E-state index contributed by atoms with van der Waals surface area (Å²) in [6.45, 7) is 0. The van der Waals surface area contributed by atoms with E-state index in [1.54, 1.807) is 42.5 Å². The number of benzene rings is 3. The molecule has 5 nitrogen and oxygen atoms in total. The van der Waals surface area contributed by atoms with Crippen LogP contribution in [0.25, 0.3) is 22.4 Å². The van der Waals surface area contributed by atoms with Crippen molar-refractivity contribution in [3.63, 3.8) is 0 Å². The molecule has 30 heavy (non-hydrogen) atoms. The first kappa shape index (κ1) is 19.0. The molecule has 4 aromatic rings. The molecular weight excluding hydrogens is 381 g/mol. The fourth-order valence-corrected chi connectivity index (χ4v) is 3.07. The summed E-state index contributed by atoms with van der Waals surface area (Å²) in [5.41, 5.74) is 8.43. The van der Waals surface area contributed by atoms with Crippen molar-refractivity contribution in [1.29, 1.82) is 5.26 Å². The van der Waals surface area contributed by atoms with Crippen LogP contribution in [0.5, 0.6) is 17.2 Å². The Morgan fingerprint density at radius 3 is 2.30 bits per heavy atom. The highest BCUT2D eigenvalue weighted by Gasteiger charge is 2.15.